The van der Waals surface area contributed by atoms with Crippen molar-refractivity contribution in [3.05, 3.63) is 95.6 Å². The van der Waals surface area contributed by atoms with Crippen molar-refractivity contribution in [1.82, 2.24) is 0 Å². The normalized spacial score (nSPS) is 16.2. The van der Waals surface area contributed by atoms with Crippen LogP contribution in [0.3, 0.4) is 0 Å². The summed E-state index contributed by atoms with van der Waals surface area (Å²) in [4.78, 5) is 26.4. The number of anilines is 2. The van der Waals surface area contributed by atoms with Crippen LogP contribution in [0, 0.1) is 0 Å². The lowest BCUT2D eigenvalue weighted by atomic mass is 10.1. The van der Waals surface area contributed by atoms with Crippen LogP contribution in [0.25, 0.3) is 0 Å². The van der Waals surface area contributed by atoms with E-state index < -0.39 is 17.1 Å². The maximum Gasteiger partial charge on any atom is 0.416 e. The lowest BCUT2D eigenvalue weighted by Gasteiger charge is -2.25. The van der Waals surface area contributed by atoms with Crippen molar-refractivity contribution >= 4 is 35.0 Å². The van der Waals surface area contributed by atoms with Gasteiger partial charge in [0.1, 0.15) is 5.37 Å². The number of aryl methyl sites for hydroxylation is 1. The number of rotatable bonds is 6. The highest BCUT2D eigenvalue weighted by atomic mass is 32.2. The molecule has 4 nitrogen and oxygen atoms in total. The summed E-state index contributed by atoms with van der Waals surface area (Å²) < 4.78 is 38.7. The Morgan fingerprint density at radius 3 is 2.42 bits per heavy atom. The quantitative estimate of drug-likeness (QED) is 0.477. The molecule has 0 aromatic heterocycles. The number of alkyl halides is 3. The minimum Gasteiger partial charge on any atom is -0.326 e. The molecular weight excluding hydrogens is 449 g/mol. The van der Waals surface area contributed by atoms with Gasteiger partial charge in [-0.2, -0.15) is 13.2 Å². The molecule has 1 unspecified atom stereocenters. The zero-order valence-electron chi connectivity index (χ0n) is 17.5. The largest absolute Gasteiger partial charge is 0.416 e. The summed E-state index contributed by atoms with van der Waals surface area (Å²) in [5.41, 5.74) is 2.11. The van der Waals surface area contributed by atoms with Gasteiger partial charge in [0.25, 0.3) is 0 Å². The summed E-state index contributed by atoms with van der Waals surface area (Å²) in [5.74, 6) is -0.0767. The average molecular weight is 471 g/mol. The molecule has 2 amide bonds. The number of benzene rings is 3. The molecule has 33 heavy (non-hydrogen) atoms. The molecule has 1 N–H and O–H groups in total. The zero-order valence-corrected chi connectivity index (χ0v) is 18.3. The molecule has 0 bridgehead atoms. The maximum absolute atomic E-state index is 12.9. The summed E-state index contributed by atoms with van der Waals surface area (Å²) >= 11 is 1.39. The van der Waals surface area contributed by atoms with Gasteiger partial charge in [-0.25, -0.2) is 0 Å². The number of halogens is 3. The second-order valence-electron chi connectivity index (χ2n) is 7.63. The summed E-state index contributed by atoms with van der Waals surface area (Å²) in [6.45, 7) is 0. The molecule has 1 aliphatic rings. The van der Waals surface area contributed by atoms with Gasteiger partial charge < -0.3 is 5.32 Å². The Morgan fingerprint density at radius 1 is 1.00 bits per heavy atom. The molecule has 0 spiro atoms. The number of hydrogen-bond acceptors (Lipinski definition) is 3. The molecule has 1 atom stereocenters. The molecule has 1 saturated heterocycles. The third-order valence-electron chi connectivity index (χ3n) is 5.28. The van der Waals surface area contributed by atoms with Gasteiger partial charge >= 0.3 is 6.18 Å². The van der Waals surface area contributed by atoms with Crippen LogP contribution in [0.2, 0.25) is 0 Å². The lowest BCUT2D eigenvalue weighted by molar-refractivity contribution is -0.137. The summed E-state index contributed by atoms with van der Waals surface area (Å²) in [6, 6.07) is 21.5. The molecular formula is C25H21F3N2O2S. The molecule has 1 fully saturated rings. The van der Waals surface area contributed by atoms with Crippen molar-refractivity contribution in [2.45, 2.75) is 24.4 Å². The molecule has 8 heteroatoms. The van der Waals surface area contributed by atoms with Crippen LogP contribution in [0.15, 0.2) is 78.9 Å². The van der Waals surface area contributed by atoms with Gasteiger partial charge in [0.2, 0.25) is 11.8 Å². The third kappa shape index (κ3) is 5.57. The zero-order chi connectivity index (χ0) is 23.4. The van der Waals surface area contributed by atoms with Gasteiger partial charge in [-0.3, -0.25) is 14.5 Å². The second kappa shape index (κ2) is 9.70. The first-order chi connectivity index (χ1) is 15.8. The number of carbonyl (C=O) groups is 2. The Morgan fingerprint density at radius 2 is 1.73 bits per heavy atom. The second-order valence-corrected chi connectivity index (χ2v) is 8.70. The van der Waals surface area contributed by atoms with E-state index in [-0.39, 0.29) is 17.6 Å². The SMILES string of the molecule is O=C(CCc1ccccc1)Nc1cccc(C2SCC(=O)N2c2ccc(C(F)(F)F)cc2)c1. The van der Waals surface area contributed by atoms with Gasteiger partial charge in [0.05, 0.1) is 11.3 Å². The van der Waals surface area contributed by atoms with Crippen molar-refractivity contribution in [2.75, 3.05) is 16.0 Å². The lowest BCUT2D eigenvalue weighted by Crippen LogP contribution is -2.28. The fraction of sp³-hybridized carbons (Fsp3) is 0.200. The van der Waals surface area contributed by atoms with E-state index in [0.717, 1.165) is 23.3 Å². The monoisotopic (exact) mass is 470 g/mol. The van der Waals surface area contributed by atoms with Gasteiger partial charge in [0.15, 0.2) is 0 Å². The summed E-state index contributed by atoms with van der Waals surface area (Å²) in [7, 11) is 0. The Hall–Kier alpha value is -3.26. The standard InChI is InChI=1S/C25H21F3N2O2S/c26-25(27,28)19-10-12-21(13-11-19)30-23(32)16-33-24(30)18-7-4-8-20(15-18)29-22(31)14-9-17-5-2-1-3-6-17/h1-8,10-13,15,24H,9,14,16H2,(H,29,31). The first-order valence-electron chi connectivity index (χ1n) is 10.4. The number of hydrogen-bond donors (Lipinski definition) is 1. The molecule has 0 radical (unpaired) electrons. The Kier molecular flexibility index (Phi) is 6.74. The van der Waals surface area contributed by atoms with E-state index in [0.29, 0.717) is 24.2 Å². The van der Waals surface area contributed by atoms with E-state index in [1.807, 2.05) is 36.4 Å². The van der Waals surface area contributed by atoms with E-state index in [2.05, 4.69) is 5.32 Å². The van der Waals surface area contributed by atoms with Crippen LogP contribution in [0.4, 0.5) is 24.5 Å². The minimum absolute atomic E-state index is 0.120. The van der Waals surface area contributed by atoms with Crippen molar-refractivity contribution in [1.29, 1.82) is 0 Å². The van der Waals surface area contributed by atoms with Crippen molar-refractivity contribution in [3.8, 4) is 0 Å². The number of thioether (sulfide) groups is 1. The Balaban J connectivity index is 1.47. The van der Waals surface area contributed by atoms with Crippen LogP contribution in [0.1, 0.15) is 28.5 Å². The van der Waals surface area contributed by atoms with Gasteiger partial charge in [-0.15, -0.1) is 11.8 Å². The highest BCUT2D eigenvalue weighted by Crippen LogP contribution is 2.43. The topological polar surface area (TPSA) is 49.4 Å². The van der Waals surface area contributed by atoms with Crippen LogP contribution in [-0.2, 0) is 22.2 Å². The van der Waals surface area contributed by atoms with Crippen LogP contribution >= 0.6 is 11.8 Å². The Labute approximate surface area is 193 Å². The average Bonchev–Trinajstić information content (AvgIpc) is 3.19. The number of nitrogens with one attached hydrogen (secondary N) is 1. The van der Waals surface area contributed by atoms with Crippen molar-refractivity contribution < 1.29 is 22.8 Å². The van der Waals surface area contributed by atoms with Crippen molar-refractivity contribution in [3.63, 3.8) is 0 Å². The molecule has 1 aliphatic heterocycles. The van der Waals surface area contributed by atoms with Crippen LogP contribution in [0.5, 0.6) is 0 Å². The van der Waals surface area contributed by atoms with Crippen LogP contribution < -0.4 is 10.2 Å². The van der Waals surface area contributed by atoms with E-state index in [9.17, 15) is 22.8 Å². The van der Waals surface area contributed by atoms with Crippen molar-refractivity contribution in [2.24, 2.45) is 0 Å². The van der Waals surface area contributed by atoms with E-state index >= 15 is 0 Å². The summed E-state index contributed by atoms with van der Waals surface area (Å²) in [5, 5.41) is 2.50. The van der Waals surface area contributed by atoms with E-state index in [4.69, 9.17) is 0 Å². The predicted octanol–water partition coefficient (Wildman–Crippen LogP) is 6.06. The minimum atomic E-state index is -4.44. The molecule has 4 rings (SSSR count). The molecule has 3 aromatic rings. The fourth-order valence-corrected chi connectivity index (χ4v) is 4.82. The summed E-state index contributed by atoms with van der Waals surface area (Å²) in [6.07, 6.45) is -3.47. The van der Waals surface area contributed by atoms with Crippen LogP contribution in [-0.4, -0.2) is 17.6 Å². The van der Waals surface area contributed by atoms with Gasteiger partial charge in [-0.05, 0) is 53.9 Å². The number of amides is 2. The maximum atomic E-state index is 12.9. The molecule has 0 aliphatic carbocycles. The fourth-order valence-electron chi connectivity index (χ4n) is 3.66. The molecule has 3 aromatic carbocycles. The third-order valence-corrected chi connectivity index (χ3v) is 6.49. The first kappa shape index (κ1) is 22.9. The molecule has 0 saturated carbocycles. The molecule has 1 heterocycles. The van der Waals surface area contributed by atoms with Gasteiger partial charge in [-0.1, -0.05) is 42.5 Å². The first-order valence-corrected chi connectivity index (χ1v) is 11.4. The highest BCUT2D eigenvalue weighted by molar-refractivity contribution is 8.00. The number of carbonyl (C=O) groups excluding carboxylic acids is 2. The molecule has 170 valence electrons. The number of nitrogens with zero attached hydrogens (tertiary/aromatic N) is 1. The van der Waals surface area contributed by atoms with E-state index in [1.165, 1.54) is 28.8 Å². The predicted molar refractivity (Wildman–Crippen MR) is 124 cm³/mol. The highest BCUT2D eigenvalue weighted by Gasteiger charge is 2.35. The van der Waals surface area contributed by atoms with E-state index in [1.54, 1.807) is 18.2 Å². The smallest absolute Gasteiger partial charge is 0.326 e. The Bertz CT molecular complexity index is 1130. The van der Waals surface area contributed by atoms with Gasteiger partial charge in [0, 0.05) is 17.8 Å².